The lowest BCUT2D eigenvalue weighted by atomic mass is 9.89. The Balaban J connectivity index is 2.12. The number of hydrogen-bond donors (Lipinski definition) is 1. The van der Waals surface area contributed by atoms with Crippen molar-refractivity contribution >= 4 is 5.82 Å². The van der Waals surface area contributed by atoms with Gasteiger partial charge in [0, 0.05) is 19.1 Å². The molecule has 2 unspecified atom stereocenters. The Morgan fingerprint density at radius 2 is 2.35 bits per heavy atom. The van der Waals surface area contributed by atoms with Gasteiger partial charge >= 0.3 is 0 Å². The summed E-state index contributed by atoms with van der Waals surface area (Å²) >= 11 is 0. The van der Waals surface area contributed by atoms with E-state index in [4.69, 9.17) is 5.73 Å². The van der Waals surface area contributed by atoms with E-state index in [1.165, 1.54) is 25.1 Å². The monoisotopic (exact) mass is 237 g/mol. The van der Waals surface area contributed by atoms with Crippen LogP contribution in [0.1, 0.15) is 26.2 Å². The fourth-order valence-corrected chi connectivity index (χ4v) is 2.57. The molecule has 1 aromatic rings. The fraction of sp³-hybridized carbons (Fsp3) is 0.615. The van der Waals surface area contributed by atoms with Gasteiger partial charge in [-0.05, 0) is 30.9 Å². The summed E-state index contributed by atoms with van der Waals surface area (Å²) in [7, 11) is 0. The Kier molecular flexibility index (Phi) is 3.94. The van der Waals surface area contributed by atoms with E-state index in [0.29, 0.717) is 12.6 Å². The lowest BCUT2D eigenvalue weighted by Crippen LogP contribution is -2.47. The maximum absolute atomic E-state index is 12.8. The first-order valence-electron chi connectivity index (χ1n) is 6.32. The Bertz CT molecular complexity index is 352. The van der Waals surface area contributed by atoms with Crippen LogP contribution in [0.4, 0.5) is 10.2 Å². The number of hydrogen-bond acceptors (Lipinski definition) is 3. The number of aromatic nitrogens is 1. The largest absolute Gasteiger partial charge is 0.352 e. The van der Waals surface area contributed by atoms with E-state index in [1.807, 2.05) is 0 Å². The summed E-state index contributed by atoms with van der Waals surface area (Å²) in [5.41, 5.74) is 5.83. The summed E-state index contributed by atoms with van der Waals surface area (Å²) in [5, 5.41) is 0. The molecule has 0 radical (unpaired) electrons. The SMILES string of the molecule is CCC1CCN(c2ccc(F)cn2)C(CN)C1. The molecule has 1 aliphatic heterocycles. The first kappa shape index (κ1) is 12.3. The van der Waals surface area contributed by atoms with Crippen LogP contribution in [0.5, 0.6) is 0 Å². The average Bonchev–Trinajstić information content (AvgIpc) is 2.39. The second-order valence-electron chi connectivity index (χ2n) is 4.72. The summed E-state index contributed by atoms with van der Waals surface area (Å²) in [6, 6.07) is 3.54. The number of rotatable bonds is 3. The third-order valence-electron chi connectivity index (χ3n) is 3.68. The topological polar surface area (TPSA) is 42.2 Å². The van der Waals surface area contributed by atoms with Gasteiger partial charge in [-0.3, -0.25) is 0 Å². The van der Waals surface area contributed by atoms with Gasteiger partial charge in [0.25, 0.3) is 0 Å². The Morgan fingerprint density at radius 3 is 2.94 bits per heavy atom. The zero-order chi connectivity index (χ0) is 12.3. The normalized spacial score (nSPS) is 25.0. The lowest BCUT2D eigenvalue weighted by Gasteiger charge is -2.39. The third kappa shape index (κ3) is 2.75. The molecular weight excluding hydrogens is 217 g/mol. The van der Waals surface area contributed by atoms with Gasteiger partial charge < -0.3 is 10.6 Å². The second-order valence-corrected chi connectivity index (χ2v) is 4.72. The summed E-state index contributed by atoms with van der Waals surface area (Å²) in [6.07, 6.45) is 4.77. The van der Waals surface area contributed by atoms with Crippen molar-refractivity contribution in [2.24, 2.45) is 11.7 Å². The highest BCUT2D eigenvalue weighted by Crippen LogP contribution is 2.28. The van der Waals surface area contributed by atoms with Crippen molar-refractivity contribution in [1.29, 1.82) is 0 Å². The molecule has 0 aliphatic carbocycles. The van der Waals surface area contributed by atoms with Crippen molar-refractivity contribution < 1.29 is 4.39 Å². The highest BCUT2D eigenvalue weighted by atomic mass is 19.1. The number of nitrogens with zero attached hydrogens (tertiary/aromatic N) is 2. The Labute approximate surface area is 102 Å². The number of nitrogens with two attached hydrogens (primary N) is 1. The van der Waals surface area contributed by atoms with Crippen molar-refractivity contribution in [2.45, 2.75) is 32.2 Å². The summed E-state index contributed by atoms with van der Waals surface area (Å²) in [6.45, 7) is 3.83. The molecule has 0 bridgehead atoms. The molecule has 2 rings (SSSR count). The predicted octanol–water partition coefficient (Wildman–Crippen LogP) is 2.17. The molecule has 17 heavy (non-hydrogen) atoms. The molecule has 1 aliphatic rings. The van der Waals surface area contributed by atoms with Crippen LogP contribution in [0.25, 0.3) is 0 Å². The van der Waals surface area contributed by atoms with Crippen molar-refractivity contribution in [2.75, 3.05) is 18.0 Å². The van der Waals surface area contributed by atoms with Crippen molar-refractivity contribution in [1.82, 2.24) is 4.98 Å². The van der Waals surface area contributed by atoms with Crippen LogP contribution in [-0.4, -0.2) is 24.1 Å². The molecule has 4 heteroatoms. The number of halogens is 1. The molecule has 3 nitrogen and oxygen atoms in total. The van der Waals surface area contributed by atoms with Crippen molar-refractivity contribution in [3.8, 4) is 0 Å². The fourth-order valence-electron chi connectivity index (χ4n) is 2.57. The quantitative estimate of drug-likeness (QED) is 0.876. The number of pyridine rings is 1. The van der Waals surface area contributed by atoms with Gasteiger partial charge in [-0.2, -0.15) is 0 Å². The number of anilines is 1. The highest BCUT2D eigenvalue weighted by Gasteiger charge is 2.27. The molecule has 1 fully saturated rings. The molecule has 0 amide bonds. The van der Waals surface area contributed by atoms with E-state index in [0.717, 1.165) is 24.7 Å². The summed E-state index contributed by atoms with van der Waals surface area (Å²) < 4.78 is 12.8. The highest BCUT2D eigenvalue weighted by molar-refractivity contribution is 5.40. The lowest BCUT2D eigenvalue weighted by molar-refractivity contribution is 0.334. The predicted molar refractivity (Wildman–Crippen MR) is 67.4 cm³/mol. The zero-order valence-corrected chi connectivity index (χ0v) is 10.3. The second kappa shape index (κ2) is 5.45. The molecule has 1 aromatic heterocycles. The maximum atomic E-state index is 12.8. The van der Waals surface area contributed by atoms with E-state index < -0.39 is 0 Å². The molecule has 94 valence electrons. The molecule has 1 saturated heterocycles. The van der Waals surface area contributed by atoms with Gasteiger partial charge in [0.1, 0.15) is 11.6 Å². The van der Waals surface area contributed by atoms with Gasteiger partial charge in [0.2, 0.25) is 0 Å². The zero-order valence-electron chi connectivity index (χ0n) is 10.3. The minimum Gasteiger partial charge on any atom is -0.352 e. The molecule has 2 N–H and O–H groups in total. The van der Waals surface area contributed by atoms with E-state index in [1.54, 1.807) is 6.07 Å². The maximum Gasteiger partial charge on any atom is 0.141 e. The first-order valence-corrected chi connectivity index (χ1v) is 6.32. The Morgan fingerprint density at radius 1 is 1.53 bits per heavy atom. The smallest absolute Gasteiger partial charge is 0.141 e. The molecule has 2 atom stereocenters. The van der Waals surface area contributed by atoms with Crippen molar-refractivity contribution in [3.05, 3.63) is 24.1 Å². The first-order chi connectivity index (χ1) is 8.24. The molecule has 0 spiro atoms. The number of piperidine rings is 1. The van der Waals surface area contributed by atoms with Crippen LogP contribution in [0.15, 0.2) is 18.3 Å². The van der Waals surface area contributed by atoms with E-state index >= 15 is 0 Å². The molecule has 2 heterocycles. The van der Waals surface area contributed by atoms with Gasteiger partial charge in [-0.1, -0.05) is 13.3 Å². The summed E-state index contributed by atoms with van der Waals surface area (Å²) in [4.78, 5) is 6.36. The van der Waals surface area contributed by atoms with Crippen molar-refractivity contribution in [3.63, 3.8) is 0 Å². The van der Waals surface area contributed by atoms with E-state index in [-0.39, 0.29) is 5.82 Å². The minimum absolute atomic E-state index is 0.290. The molecular formula is C13H20FN3. The summed E-state index contributed by atoms with van der Waals surface area (Å²) in [5.74, 6) is 1.32. The van der Waals surface area contributed by atoms with E-state index in [9.17, 15) is 4.39 Å². The van der Waals surface area contributed by atoms with Crippen LogP contribution in [0.2, 0.25) is 0 Å². The van der Waals surface area contributed by atoms with E-state index in [2.05, 4.69) is 16.8 Å². The molecule has 0 saturated carbocycles. The standard InChI is InChI=1S/C13H20FN3/c1-2-10-5-6-17(12(7-10)8-15)13-4-3-11(14)9-16-13/h3-4,9-10,12H,2,5-8,15H2,1H3. The average molecular weight is 237 g/mol. The van der Waals surface area contributed by atoms with Gasteiger partial charge in [0.05, 0.1) is 6.20 Å². The van der Waals surface area contributed by atoms with Crippen LogP contribution < -0.4 is 10.6 Å². The van der Waals surface area contributed by atoms with Gasteiger partial charge in [-0.25, -0.2) is 9.37 Å². The van der Waals surface area contributed by atoms with Gasteiger partial charge in [0.15, 0.2) is 0 Å². The third-order valence-corrected chi connectivity index (χ3v) is 3.68. The van der Waals surface area contributed by atoms with Gasteiger partial charge in [-0.15, -0.1) is 0 Å². The van der Waals surface area contributed by atoms with Crippen LogP contribution in [-0.2, 0) is 0 Å². The molecule has 0 aromatic carbocycles. The van der Waals surface area contributed by atoms with Crippen LogP contribution in [0.3, 0.4) is 0 Å². The van der Waals surface area contributed by atoms with Crippen LogP contribution in [0, 0.1) is 11.7 Å². The minimum atomic E-state index is -0.290. The Hall–Kier alpha value is -1.16. The van der Waals surface area contributed by atoms with Crippen LogP contribution >= 0.6 is 0 Å².